The van der Waals surface area contributed by atoms with E-state index in [-0.39, 0.29) is 29.7 Å². The Labute approximate surface area is 217 Å². The maximum atomic E-state index is 12.9. The smallest absolute Gasteiger partial charge is 0.416 e. The van der Waals surface area contributed by atoms with Crippen molar-refractivity contribution in [3.8, 4) is 11.5 Å². The monoisotopic (exact) mass is 547 g/mol. The highest BCUT2D eigenvalue weighted by Gasteiger charge is 2.32. The molecule has 8 nitrogen and oxygen atoms in total. The van der Waals surface area contributed by atoms with E-state index in [2.05, 4.69) is 15.5 Å². The third-order valence-corrected chi connectivity index (χ3v) is 7.00. The maximum absolute atomic E-state index is 12.9. The van der Waals surface area contributed by atoms with Crippen molar-refractivity contribution in [3.63, 3.8) is 0 Å². The summed E-state index contributed by atoms with van der Waals surface area (Å²) in [6.07, 6.45) is -4.60. The second kappa shape index (κ2) is 10.6. The van der Waals surface area contributed by atoms with Crippen molar-refractivity contribution in [1.29, 1.82) is 0 Å². The van der Waals surface area contributed by atoms with Crippen LogP contribution in [0, 0.1) is 6.92 Å². The fourth-order valence-corrected chi connectivity index (χ4v) is 4.36. The number of para-hydroxylation sites is 1. The Bertz CT molecular complexity index is 1500. The highest BCUT2D eigenvalue weighted by molar-refractivity contribution is 7.86. The van der Waals surface area contributed by atoms with Crippen molar-refractivity contribution in [2.24, 2.45) is 0 Å². The predicted molar refractivity (Wildman–Crippen MR) is 133 cm³/mol. The number of aromatic nitrogens is 2. The maximum Gasteiger partial charge on any atom is 0.416 e. The van der Waals surface area contributed by atoms with E-state index in [4.69, 9.17) is 8.60 Å². The van der Waals surface area contributed by atoms with Crippen LogP contribution in [0.1, 0.15) is 30.4 Å². The first-order chi connectivity index (χ1) is 17.8. The Morgan fingerprint density at radius 2 is 1.63 bits per heavy atom. The van der Waals surface area contributed by atoms with Gasteiger partial charge in [-0.3, -0.25) is 4.18 Å². The number of alkyl halides is 3. The van der Waals surface area contributed by atoms with Gasteiger partial charge in [0.05, 0.1) is 28.3 Å². The Hall–Kier alpha value is -3.74. The van der Waals surface area contributed by atoms with Crippen LogP contribution in [0.3, 0.4) is 0 Å². The average Bonchev–Trinajstić information content (AvgIpc) is 3.35. The van der Waals surface area contributed by atoms with Crippen LogP contribution in [0.25, 0.3) is 11.5 Å². The molecule has 12 heteroatoms. The molecule has 200 valence electrons. The lowest BCUT2D eigenvalue weighted by Crippen LogP contribution is -2.24. The largest absolute Gasteiger partial charge is 0.417 e. The minimum absolute atomic E-state index is 0.0000255. The summed E-state index contributed by atoms with van der Waals surface area (Å²) in [7, 11) is -4.01. The van der Waals surface area contributed by atoms with Gasteiger partial charge < -0.3 is 14.8 Å². The van der Waals surface area contributed by atoms with Gasteiger partial charge in [0.1, 0.15) is 5.60 Å². The molecule has 0 bridgehead atoms. The summed E-state index contributed by atoms with van der Waals surface area (Å²) in [5, 5.41) is 21.8. The van der Waals surface area contributed by atoms with Crippen molar-refractivity contribution >= 4 is 21.5 Å². The fraction of sp³-hybridized carbons (Fsp3) is 0.231. The van der Waals surface area contributed by atoms with Crippen molar-refractivity contribution in [2.75, 3.05) is 11.9 Å². The Morgan fingerprint density at radius 1 is 0.974 bits per heavy atom. The highest BCUT2D eigenvalue weighted by Crippen LogP contribution is 2.34. The van der Waals surface area contributed by atoms with Gasteiger partial charge in [0, 0.05) is 12.1 Å². The Morgan fingerprint density at radius 3 is 2.29 bits per heavy atom. The molecule has 4 rings (SSSR count). The topological polar surface area (TPSA) is 115 Å². The molecule has 1 atom stereocenters. The molecule has 0 aliphatic rings. The SMILES string of the molecule is Cc1ccc(S(=O)(=O)OCCC(C)(O)c2nnc(-c3ccccc3Nc3ccc(C(F)(F)F)cc3)o2)cc1. The van der Waals surface area contributed by atoms with Crippen molar-refractivity contribution < 1.29 is 35.3 Å². The third-order valence-electron chi connectivity index (χ3n) is 5.67. The summed E-state index contributed by atoms with van der Waals surface area (Å²) in [6.45, 7) is 2.88. The van der Waals surface area contributed by atoms with Crippen LogP contribution in [0.15, 0.2) is 82.1 Å². The number of anilines is 2. The number of aryl methyl sites for hydroxylation is 1. The molecule has 2 N–H and O–H groups in total. The summed E-state index contributed by atoms with van der Waals surface area (Å²) in [6, 6.07) is 17.5. The van der Waals surface area contributed by atoms with Gasteiger partial charge in [-0.2, -0.15) is 21.6 Å². The minimum atomic E-state index is -4.44. The molecule has 0 aliphatic carbocycles. The zero-order valence-electron chi connectivity index (χ0n) is 20.4. The number of hydrogen-bond acceptors (Lipinski definition) is 8. The van der Waals surface area contributed by atoms with Gasteiger partial charge in [0.15, 0.2) is 0 Å². The molecule has 0 amide bonds. The van der Waals surface area contributed by atoms with E-state index in [0.29, 0.717) is 16.9 Å². The molecule has 0 spiro atoms. The molecule has 1 aromatic heterocycles. The third kappa shape index (κ3) is 6.39. The van der Waals surface area contributed by atoms with Crippen LogP contribution in [0.2, 0.25) is 0 Å². The molecule has 3 aromatic carbocycles. The molecule has 0 saturated carbocycles. The Kier molecular flexibility index (Phi) is 7.58. The second-order valence-corrected chi connectivity index (χ2v) is 10.4. The van der Waals surface area contributed by atoms with E-state index < -0.39 is 27.5 Å². The first-order valence-electron chi connectivity index (χ1n) is 11.4. The normalized spacial score (nSPS) is 13.7. The molecular weight excluding hydrogens is 523 g/mol. The van der Waals surface area contributed by atoms with Gasteiger partial charge in [-0.15, -0.1) is 10.2 Å². The van der Waals surface area contributed by atoms with E-state index in [9.17, 15) is 26.7 Å². The first-order valence-corrected chi connectivity index (χ1v) is 12.8. The zero-order valence-corrected chi connectivity index (χ0v) is 21.2. The molecule has 0 radical (unpaired) electrons. The molecular formula is C26H24F3N3O5S. The predicted octanol–water partition coefficient (Wildman–Crippen LogP) is 5.81. The van der Waals surface area contributed by atoms with Crippen LogP contribution in [-0.2, 0) is 26.1 Å². The second-order valence-electron chi connectivity index (χ2n) is 8.77. The fourth-order valence-electron chi connectivity index (χ4n) is 3.46. The summed E-state index contributed by atoms with van der Waals surface area (Å²) < 4.78 is 74.1. The lowest BCUT2D eigenvalue weighted by molar-refractivity contribution is -0.137. The van der Waals surface area contributed by atoms with Crippen molar-refractivity contribution in [2.45, 2.75) is 36.9 Å². The van der Waals surface area contributed by atoms with Gasteiger partial charge in [-0.05, 0) is 62.4 Å². The van der Waals surface area contributed by atoms with E-state index in [0.717, 1.165) is 17.7 Å². The summed E-state index contributed by atoms with van der Waals surface area (Å²) in [4.78, 5) is -0.0000255. The van der Waals surface area contributed by atoms with Crippen LogP contribution < -0.4 is 5.32 Å². The molecule has 0 fully saturated rings. The summed E-state index contributed by atoms with van der Waals surface area (Å²) in [5.74, 6) is -0.114. The average molecular weight is 548 g/mol. The van der Waals surface area contributed by atoms with Gasteiger partial charge in [-0.1, -0.05) is 29.8 Å². The standard InChI is InChI=1S/C26H24F3N3O5S/c1-17-7-13-20(14-8-17)38(34,35)36-16-15-25(2,33)24-32-31-23(37-24)21-5-3-4-6-22(21)30-19-11-9-18(10-12-19)26(27,28)29/h3-14,30,33H,15-16H2,1-2H3. The number of benzene rings is 3. The molecule has 1 unspecified atom stereocenters. The van der Waals surface area contributed by atoms with E-state index in [1.54, 1.807) is 36.4 Å². The number of halogens is 3. The minimum Gasteiger partial charge on any atom is -0.417 e. The molecule has 38 heavy (non-hydrogen) atoms. The Balaban J connectivity index is 1.46. The van der Waals surface area contributed by atoms with E-state index in [1.807, 2.05) is 6.92 Å². The number of nitrogens with zero attached hydrogens (tertiary/aromatic N) is 2. The summed E-state index contributed by atoms with van der Waals surface area (Å²) >= 11 is 0. The van der Waals surface area contributed by atoms with E-state index >= 15 is 0 Å². The first kappa shape index (κ1) is 27.3. The van der Waals surface area contributed by atoms with Crippen LogP contribution in [-0.4, -0.2) is 30.3 Å². The lowest BCUT2D eigenvalue weighted by Gasteiger charge is -2.18. The van der Waals surface area contributed by atoms with Gasteiger partial charge in [-0.25, -0.2) is 0 Å². The highest BCUT2D eigenvalue weighted by atomic mass is 32.2. The van der Waals surface area contributed by atoms with E-state index in [1.165, 1.54) is 31.2 Å². The number of hydrogen-bond donors (Lipinski definition) is 2. The van der Waals surface area contributed by atoms with Crippen molar-refractivity contribution in [3.05, 3.63) is 89.8 Å². The quantitative estimate of drug-likeness (QED) is 0.252. The number of rotatable bonds is 9. The van der Waals surface area contributed by atoms with Gasteiger partial charge >= 0.3 is 6.18 Å². The van der Waals surface area contributed by atoms with Crippen LogP contribution in [0.5, 0.6) is 0 Å². The molecule has 0 saturated heterocycles. The molecule has 1 heterocycles. The van der Waals surface area contributed by atoms with Gasteiger partial charge in [0.2, 0.25) is 11.8 Å². The van der Waals surface area contributed by atoms with Crippen LogP contribution >= 0.6 is 0 Å². The molecule has 0 aliphatic heterocycles. The zero-order chi connectivity index (χ0) is 27.6. The number of nitrogens with one attached hydrogen (secondary N) is 1. The van der Waals surface area contributed by atoms with Gasteiger partial charge in [0.25, 0.3) is 10.1 Å². The van der Waals surface area contributed by atoms with Crippen LogP contribution in [0.4, 0.5) is 24.5 Å². The lowest BCUT2D eigenvalue weighted by atomic mass is 10.0. The summed E-state index contributed by atoms with van der Waals surface area (Å²) in [5.41, 5.74) is -0.242. The molecule has 4 aromatic rings. The number of aliphatic hydroxyl groups is 1. The van der Waals surface area contributed by atoms with Crippen molar-refractivity contribution in [1.82, 2.24) is 10.2 Å².